The number of hydrogen-bond donors (Lipinski definition) is 2. The monoisotopic (exact) mass is 410 g/mol. The number of carbonyl (C=O) groups excluding carboxylic acids is 1. The number of nitrogens with one attached hydrogen (secondary N) is 1. The van der Waals surface area contributed by atoms with Crippen LogP contribution in [0.4, 0.5) is 19.0 Å². The van der Waals surface area contributed by atoms with Gasteiger partial charge in [-0.05, 0) is 31.2 Å². The van der Waals surface area contributed by atoms with Crippen LogP contribution in [-0.4, -0.2) is 28.4 Å². The van der Waals surface area contributed by atoms with E-state index in [1.54, 1.807) is 25.3 Å². The molecule has 1 atom stereocenters. The van der Waals surface area contributed by atoms with Crippen molar-refractivity contribution in [2.75, 3.05) is 11.9 Å². The number of carbonyl (C=O) groups is 1. The first kappa shape index (κ1) is 20.0. The molecule has 0 radical (unpaired) electrons. The minimum Gasteiger partial charge on any atom is -0.399 e. The summed E-state index contributed by atoms with van der Waals surface area (Å²) in [6.45, 7) is 1.87. The van der Waals surface area contributed by atoms with Gasteiger partial charge in [0.15, 0.2) is 0 Å². The van der Waals surface area contributed by atoms with Crippen LogP contribution in [0.3, 0.4) is 0 Å². The van der Waals surface area contributed by atoms with E-state index in [9.17, 15) is 18.0 Å². The molecule has 5 nitrogen and oxygen atoms in total. The number of alkyl halides is 3. The number of benzene rings is 1. The standard InChI is InChI=1S/C19H18ClF3N4O/c1-11-9-15(26-16-7-2-3-8-25-16)14(24)10-27(11)18(28)12-5-4-6-13(17(12)20)19(21,22)23/h2-8,11H,9-10,24H2,1H3,(H,25,26). The summed E-state index contributed by atoms with van der Waals surface area (Å²) < 4.78 is 39.2. The largest absolute Gasteiger partial charge is 0.417 e. The molecule has 2 aromatic rings. The maximum Gasteiger partial charge on any atom is 0.417 e. The fourth-order valence-electron chi connectivity index (χ4n) is 3.04. The van der Waals surface area contributed by atoms with E-state index >= 15 is 0 Å². The Balaban J connectivity index is 1.85. The van der Waals surface area contributed by atoms with Gasteiger partial charge in [-0.2, -0.15) is 13.2 Å². The topological polar surface area (TPSA) is 71.2 Å². The summed E-state index contributed by atoms with van der Waals surface area (Å²) in [7, 11) is 0. The minimum absolute atomic E-state index is 0.0712. The van der Waals surface area contributed by atoms with Gasteiger partial charge in [0.05, 0.1) is 22.7 Å². The average Bonchev–Trinajstić information content (AvgIpc) is 2.64. The number of nitrogens with two attached hydrogens (primary N) is 1. The molecule has 0 bridgehead atoms. The summed E-state index contributed by atoms with van der Waals surface area (Å²) in [4.78, 5) is 18.5. The molecule has 1 aliphatic heterocycles. The number of nitrogens with zero attached hydrogens (tertiary/aromatic N) is 2. The zero-order valence-corrected chi connectivity index (χ0v) is 15.7. The molecule has 0 saturated carbocycles. The van der Waals surface area contributed by atoms with Crippen molar-refractivity contribution in [1.29, 1.82) is 0 Å². The molecule has 0 aliphatic carbocycles. The summed E-state index contributed by atoms with van der Waals surface area (Å²) in [5, 5.41) is 2.53. The Labute approximate surface area is 165 Å². The molecular formula is C19H18ClF3N4O. The van der Waals surface area contributed by atoms with Gasteiger partial charge in [0.1, 0.15) is 5.82 Å². The lowest BCUT2D eigenvalue weighted by atomic mass is 10.0. The third-order valence-electron chi connectivity index (χ3n) is 4.50. The minimum atomic E-state index is -4.64. The highest BCUT2D eigenvalue weighted by Gasteiger charge is 2.36. The van der Waals surface area contributed by atoms with Crippen molar-refractivity contribution < 1.29 is 18.0 Å². The lowest BCUT2D eigenvalue weighted by molar-refractivity contribution is -0.137. The van der Waals surface area contributed by atoms with Gasteiger partial charge in [-0.25, -0.2) is 4.98 Å². The van der Waals surface area contributed by atoms with Gasteiger partial charge in [0, 0.05) is 30.1 Å². The van der Waals surface area contributed by atoms with Crippen LogP contribution < -0.4 is 11.1 Å². The van der Waals surface area contributed by atoms with Crippen molar-refractivity contribution in [2.24, 2.45) is 5.73 Å². The van der Waals surface area contributed by atoms with E-state index in [4.69, 9.17) is 17.3 Å². The quantitative estimate of drug-likeness (QED) is 0.792. The van der Waals surface area contributed by atoms with Crippen LogP contribution in [0.1, 0.15) is 29.3 Å². The molecule has 0 fully saturated rings. The summed E-state index contributed by atoms with van der Waals surface area (Å²) in [6, 6.07) is 8.40. The average molecular weight is 411 g/mol. The molecule has 3 rings (SSSR count). The van der Waals surface area contributed by atoms with Crippen molar-refractivity contribution in [3.63, 3.8) is 0 Å². The number of hydrogen-bond acceptors (Lipinski definition) is 4. The van der Waals surface area contributed by atoms with Crippen LogP contribution in [0.15, 0.2) is 54.0 Å². The Bertz CT molecular complexity index is 915. The van der Waals surface area contributed by atoms with Crippen molar-refractivity contribution in [3.05, 3.63) is 70.1 Å². The van der Waals surface area contributed by atoms with Crippen LogP contribution in [0, 0.1) is 0 Å². The molecule has 2 heterocycles. The molecule has 9 heteroatoms. The van der Waals surface area contributed by atoms with E-state index in [2.05, 4.69) is 10.3 Å². The Morgan fingerprint density at radius 2 is 2.04 bits per heavy atom. The Kier molecular flexibility index (Phi) is 5.51. The number of anilines is 1. The second-order valence-corrected chi connectivity index (χ2v) is 6.87. The number of aromatic nitrogens is 1. The van der Waals surface area contributed by atoms with Crippen molar-refractivity contribution in [3.8, 4) is 0 Å². The van der Waals surface area contributed by atoms with Crippen LogP contribution in [0.5, 0.6) is 0 Å². The normalized spacial score (nSPS) is 17.6. The first-order chi connectivity index (χ1) is 13.2. The lowest BCUT2D eigenvalue weighted by Crippen LogP contribution is -2.45. The van der Waals surface area contributed by atoms with Crippen molar-refractivity contribution >= 4 is 23.3 Å². The first-order valence-electron chi connectivity index (χ1n) is 8.50. The first-order valence-corrected chi connectivity index (χ1v) is 8.88. The lowest BCUT2D eigenvalue weighted by Gasteiger charge is -2.35. The van der Waals surface area contributed by atoms with E-state index in [0.29, 0.717) is 17.9 Å². The van der Waals surface area contributed by atoms with Crippen LogP contribution in [-0.2, 0) is 6.18 Å². The van der Waals surface area contributed by atoms with Gasteiger partial charge in [-0.15, -0.1) is 0 Å². The zero-order valence-electron chi connectivity index (χ0n) is 14.9. The van der Waals surface area contributed by atoms with Gasteiger partial charge in [-0.3, -0.25) is 4.79 Å². The van der Waals surface area contributed by atoms with E-state index < -0.39 is 22.7 Å². The summed E-state index contributed by atoms with van der Waals surface area (Å²) in [5.41, 5.74) is 6.03. The third kappa shape index (κ3) is 4.06. The molecule has 1 aromatic heterocycles. The maximum absolute atomic E-state index is 13.1. The summed E-state index contributed by atoms with van der Waals surface area (Å²) in [5.74, 6) is 0.0248. The molecule has 148 valence electrons. The fraction of sp³-hybridized carbons (Fsp3) is 0.263. The van der Waals surface area contributed by atoms with Crippen molar-refractivity contribution in [2.45, 2.75) is 25.6 Å². The third-order valence-corrected chi connectivity index (χ3v) is 4.91. The number of halogens is 4. The number of amides is 1. The van der Waals surface area contributed by atoms with E-state index in [1.165, 1.54) is 17.0 Å². The van der Waals surface area contributed by atoms with Gasteiger partial charge >= 0.3 is 6.18 Å². The predicted molar refractivity (Wildman–Crippen MR) is 101 cm³/mol. The SMILES string of the molecule is CC1CC(Nc2ccccn2)=C(N)CN1C(=O)c1cccc(C(F)(F)F)c1Cl. The molecule has 0 spiro atoms. The smallest absolute Gasteiger partial charge is 0.399 e. The highest BCUT2D eigenvalue weighted by Crippen LogP contribution is 2.37. The van der Waals surface area contributed by atoms with Gasteiger partial charge < -0.3 is 16.0 Å². The predicted octanol–water partition coefficient (Wildman–Crippen LogP) is 4.27. The molecular weight excluding hydrogens is 393 g/mol. The van der Waals surface area contributed by atoms with Crippen molar-refractivity contribution in [1.82, 2.24) is 9.88 Å². The molecule has 1 unspecified atom stereocenters. The summed E-state index contributed by atoms with van der Waals surface area (Å²) in [6.07, 6.45) is -2.60. The summed E-state index contributed by atoms with van der Waals surface area (Å²) >= 11 is 5.90. The number of pyridine rings is 1. The molecule has 3 N–H and O–H groups in total. The Morgan fingerprint density at radius 3 is 2.68 bits per heavy atom. The van der Waals surface area contributed by atoms with E-state index in [-0.39, 0.29) is 18.2 Å². The highest BCUT2D eigenvalue weighted by atomic mass is 35.5. The second kappa shape index (κ2) is 7.71. The molecule has 0 saturated heterocycles. The molecule has 1 aromatic carbocycles. The van der Waals surface area contributed by atoms with Crippen LogP contribution in [0.25, 0.3) is 0 Å². The highest BCUT2D eigenvalue weighted by molar-refractivity contribution is 6.34. The maximum atomic E-state index is 13.1. The second-order valence-electron chi connectivity index (χ2n) is 6.49. The van der Waals surface area contributed by atoms with Gasteiger partial charge in [0.25, 0.3) is 5.91 Å². The van der Waals surface area contributed by atoms with E-state index in [1.807, 2.05) is 6.07 Å². The van der Waals surface area contributed by atoms with Crippen LogP contribution >= 0.6 is 11.6 Å². The zero-order chi connectivity index (χ0) is 20.5. The fourth-order valence-corrected chi connectivity index (χ4v) is 3.35. The molecule has 28 heavy (non-hydrogen) atoms. The Morgan fingerprint density at radius 1 is 1.29 bits per heavy atom. The molecule has 1 aliphatic rings. The number of rotatable bonds is 3. The van der Waals surface area contributed by atoms with Gasteiger partial charge in [-0.1, -0.05) is 23.7 Å². The van der Waals surface area contributed by atoms with Crippen LogP contribution in [0.2, 0.25) is 5.02 Å². The van der Waals surface area contributed by atoms with Gasteiger partial charge in [0.2, 0.25) is 0 Å². The van der Waals surface area contributed by atoms with E-state index in [0.717, 1.165) is 11.8 Å². The molecule has 1 amide bonds. The Hall–Kier alpha value is -2.74.